The molecule has 2 aliphatic rings. The standard InChI is InChI=1S/C33H40N6O4/c1-22-28(31(40)42-3)30(29(23(2)37-22)32(41)43-4)26-12-8-13-27(20-26)38-33(36-21-34)35-16-9-17-39-18-14-25(15-19-39)24-10-6-5-7-11-24/h5-8,10-13,20,25,28,30H,9,14-19H2,1-4H3,(H2,35,36,38). The first-order valence-electron chi connectivity index (χ1n) is 14.6. The lowest BCUT2D eigenvalue weighted by Crippen LogP contribution is -2.36. The molecule has 0 saturated carbocycles. The summed E-state index contributed by atoms with van der Waals surface area (Å²) < 4.78 is 10.1. The average Bonchev–Trinajstić information content (AvgIpc) is 3.03. The summed E-state index contributed by atoms with van der Waals surface area (Å²) in [5.74, 6) is -1.54. The molecular weight excluding hydrogens is 544 g/mol. The minimum atomic E-state index is -0.791. The van der Waals surface area contributed by atoms with Crippen molar-refractivity contribution >= 4 is 29.3 Å². The molecular formula is C33H40N6O4. The maximum absolute atomic E-state index is 12.9. The second-order valence-electron chi connectivity index (χ2n) is 10.8. The van der Waals surface area contributed by atoms with Crippen LogP contribution in [-0.2, 0) is 19.1 Å². The molecule has 2 heterocycles. The van der Waals surface area contributed by atoms with E-state index in [9.17, 15) is 14.9 Å². The fraction of sp³-hybridized carbons (Fsp3) is 0.424. The topological polar surface area (TPSA) is 128 Å². The van der Waals surface area contributed by atoms with E-state index in [0.717, 1.165) is 38.9 Å². The first-order valence-corrected chi connectivity index (χ1v) is 14.6. The van der Waals surface area contributed by atoms with Crippen LogP contribution in [0.1, 0.15) is 56.1 Å². The summed E-state index contributed by atoms with van der Waals surface area (Å²) in [6, 6.07) is 18.1. The van der Waals surface area contributed by atoms with Crippen molar-refractivity contribution in [2.75, 3.05) is 45.7 Å². The number of guanidine groups is 1. The Hall–Kier alpha value is -4.49. The highest BCUT2D eigenvalue weighted by Gasteiger charge is 2.42. The van der Waals surface area contributed by atoms with Crippen molar-refractivity contribution in [1.29, 1.82) is 5.26 Å². The highest BCUT2D eigenvalue weighted by Crippen LogP contribution is 2.40. The van der Waals surface area contributed by atoms with Crippen molar-refractivity contribution in [2.24, 2.45) is 15.9 Å². The summed E-state index contributed by atoms with van der Waals surface area (Å²) in [4.78, 5) is 37.2. The Labute approximate surface area is 253 Å². The van der Waals surface area contributed by atoms with Crippen LogP contribution in [0.3, 0.4) is 0 Å². The first kappa shape index (κ1) is 31.4. The third-order valence-corrected chi connectivity index (χ3v) is 8.13. The Morgan fingerprint density at radius 3 is 2.44 bits per heavy atom. The van der Waals surface area contributed by atoms with E-state index in [1.165, 1.54) is 19.8 Å². The van der Waals surface area contributed by atoms with Gasteiger partial charge in [0.15, 0.2) is 6.19 Å². The number of likely N-dealkylation sites (tertiary alicyclic amines) is 1. The highest BCUT2D eigenvalue weighted by atomic mass is 16.5. The lowest BCUT2D eigenvalue weighted by molar-refractivity contribution is -0.143. The van der Waals surface area contributed by atoms with E-state index in [-0.39, 0.29) is 0 Å². The van der Waals surface area contributed by atoms with Gasteiger partial charge in [-0.15, -0.1) is 0 Å². The number of ether oxygens (including phenoxy) is 2. The summed E-state index contributed by atoms with van der Waals surface area (Å²) in [6.45, 7) is 7.10. The van der Waals surface area contributed by atoms with E-state index in [1.54, 1.807) is 13.8 Å². The van der Waals surface area contributed by atoms with Gasteiger partial charge in [0.25, 0.3) is 0 Å². The molecule has 10 heteroatoms. The predicted octanol–water partition coefficient (Wildman–Crippen LogP) is 4.59. The minimum Gasteiger partial charge on any atom is -0.468 e. The summed E-state index contributed by atoms with van der Waals surface area (Å²) in [5, 5.41) is 15.2. The number of nitriles is 1. The quantitative estimate of drug-likeness (QED) is 0.109. The zero-order chi connectivity index (χ0) is 30.8. The lowest BCUT2D eigenvalue weighted by atomic mass is 9.75. The zero-order valence-electron chi connectivity index (χ0n) is 25.3. The Morgan fingerprint density at radius 2 is 1.77 bits per heavy atom. The number of aliphatic imine (C=N–C) groups is 2. The second kappa shape index (κ2) is 15.1. The second-order valence-corrected chi connectivity index (χ2v) is 10.8. The van der Waals surface area contributed by atoms with Gasteiger partial charge in [0.2, 0.25) is 5.96 Å². The molecule has 2 aliphatic heterocycles. The Bertz CT molecular complexity index is 1420. The molecule has 2 aromatic carbocycles. The number of carbonyl (C=O) groups is 2. The number of hydrogen-bond donors (Lipinski definition) is 2. The van der Waals surface area contributed by atoms with Gasteiger partial charge in [0, 0.05) is 29.6 Å². The normalized spacial score (nSPS) is 19.7. The van der Waals surface area contributed by atoms with Crippen molar-refractivity contribution in [3.63, 3.8) is 0 Å². The van der Waals surface area contributed by atoms with Crippen molar-refractivity contribution in [2.45, 2.75) is 44.9 Å². The Balaban J connectivity index is 1.42. The summed E-state index contributed by atoms with van der Waals surface area (Å²) in [6.07, 6.45) is 5.12. The molecule has 2 atom stereocenters. The molecule has 226 valence electrons. The number of anilines is 1. The van der Waals surface area contributed by atoms with Crippen LogP contribution in [0, 0.1) is 17.4 Å². The molecule has 0 amide bonds. The van der Waals surface area contributed by atoms with E-state index in [0.29, 0.717) is 46.7 Å². The number of benzene rings is 2. The van der Waals surface area contributed by atoms with Crippen molar-refractivity contribution in [3.8, 4) is 6.19 Å². The van der Waals surface area contributed by atoms with Gasteiger partial charge in [-0.2, -0.15) is 5.26 Å². The molecule has 2 N–H and O–H groups in total. The van der Waals surface area contributed by atoms with Crippen LogP contribution in [0.2, 0.25) is 0 Å². The molecule has 0 radical (unpaired) electrons. The van der Waals surface area contributed by atoms with Gasteiger partial charge in [-0.25, -0.2) is 4.79 Å². The SMILES string of the molecule is COC(=O)C1=C(C)N=C(C)C(C(=O)OC)C1c1cccc(NC(=NCCCN2CCC(c3ccccc3)CC2)NC#N)c1. The molecule has 10 nitrogen and oxygen atoms in total. The number of nitrogens with one attached hydrogen (secondary N) is 2. The highest BCUT2D eigenvalue weighted by molar-refractivity contribution is 6.07. The van der Waals surface area contributed by atoms with E-state index >= 15 is 0 Å². The lowest BCUT2D eigenvalue weighted by Gasteiger charge is -2.32. The number of hydrogen-bond acceptors (Lipinski definition) is 8. The predicted molar refractivity (Wildman–Crippen MR) is 167 cm³/mol. The number of rotatable bonds is 9. The zero-order valence-corrected chi connectivity index (χ0v) is 25.3. The van der Waals surface area contributed by atoms with Crippen LogP contribution in [0.25, 0.3) is 0 Å². The molecule has 2 aromatic rings. The number of piperidine rings is 1. The maximum atomic E-state index is 12.9. The fourth-order valence-electron chi connectivity index (χ4n) is 6.01. The molecule has 1 fully saturated rings. The maximum Gasteiger partial charge on any atom is 0.336 e. The summed E-state index contributed by atoms with van der Waals surface area (Å²) in [5.41, 5.74) is 4.12. The van der Waals surface area contributed by atoms with Gasteiger partial charge in [-0.05, 0) is 81.9 Å². The van der Waals surface area contributed by atoms with Crippen molar-refractivity contribution in [3.05, 3.63) is 77.0 Å². The molecule has 0 spiro atoms. The first-order chi connectivity index (χ1) is 20.9. The fourth-order valence-corrected chi connectivity index (χ4v) is 6.01. The molecule has 0 aliphatic carbocycles. The molecule has 0 bridgehead atoms. The van der Waals surface area contributed by atoms with Crippen LogP contribution in [0.15, 0.2) is 75.9 Å². The van der Waals surface area contributed by atoms with Crippen LogP contribution in [0.4, 0.5) is 5.69 Å². The smallest absolute Gasteiger partial charge is 0.336 e. The largest absolute Gasteiger partial charge is 0.468 e. The van der Waals surface area contributed by atoms with E-state index < -0.39 is 23.8 Å². The summed E-state index contributed by atoms with van der Waals surface area (Å²) >= 11 is 0. The molecule has 43 heavy (non-hydrogen) atoms. The molecule has 1 saturated heterocycles. The van der Waals surface area contributed by atoms with Gasteiger partial charge in [-0.3, -0.25) is 20.1 Å². The van der Waals surface area contributed by atoms with E-state index in [4.69, 9.17) is 9.47 Å². The van der Waals surface area contributed by atoms with Crippen molar-refractivity contribution < 1.29 is 19.1 Å². The molecule has 4 rings (SSSR count). The number of esters is 2. The van der Waals surface area contributed by atoms with Gasteiger partial charge in [0.05, 0.1) is 19.8 Å². The van der Waals surface area contributed by atoms with Gasteiger partial charge < -0.3 is 19.7 Å². The van der Waals surface area contributed by atoms with Crippen LogP contribution >= 0.6 is 0 Å². The number of allylic oxidation sites excluding steroid dienone is 1. The molecule has 2 unspecified atom stereocenters. The Morgan fingerprint density at radius 1 is 1.05 bits per heavy atom. The number of nitrogens with zero attached hydrogens (tertiary/aromatic N) is 4. The third kappa shape index (κ3) is 7.87. The van der Waals surface area contributed by atoms with Gasteiger partial charge in [-0.1, -0.05) is 42.5 Å². The van der Waals surface area contributed by atoms with Gasteiger partial charge in [0.1, 0.15) is 5.92 Å². The number of methoxy groups -OCH3 is 2. The summed E-state index contributed by atoms with van der Waals surface area (Å²) in [7, 11) is 2.62. The van der Waals surface area contributed by atoms with Crippen LogP contribution < -0.4 is 10.6 Å². The third-order valence-electron chi connectivity index (χ3n) is 8.13. The van der Waals surface area contributed by atoms with E-state index in [2.05, 4.69) is 55.9 Å². The number of carbonyl (C=O) groups excluding carboxylic acids is 2. The average molecular weight is 585 g/mol. The van der Waals surface area contributed by atoms with Crippen LogP contribution in [0.5, 0.6) is 0 Å². The van der Waals surface area contributed by atoms with Crippen molar-refractivity contribution in [1.82, 2.24) is 10.2 Å². The Kier molecular flexibility index (Phi) is 11.1. The van der Waals surface area contributed by atoms with E-state index in [1.807, 2.05) is 30.5 Å². The monoisotopic (exact) mass is 584 g/mol. The van der Waals surface area contributed by atoms with Gasteiger partial charge >= 0.3 is 11.9 Å². The minimum absolute atomic E-state index is 0.303. The molecule has 0 aromatic heterocycles. The van der Waals surface area contributed by atoms with Crippen LogP contribution in [-0.4, -0.2) is 68.9 Å².